The second kappa shape index (κ2) is 6.26. The molecule has 6 nitrogen and oxygen atoms in total. The van der Waals surface area contributed by atoms with Gasteiger partial charge in [0.1, 0.15) is 0 Å². The molecule has 1 aromatic rings. The van der Waals surface area contributed by atoms with E-state index in [1.54, 1.807) is 12.3 Å². The van der Waals surface area contributed by atoms with Crippen molar-refractivity contribution in [3.63, 3.8) is 0 Å². The second-order valence-corrected chi connectivity index (χ2v) is 7.45. The lowest BCUT2D eigenvalue weighted by atomic mass is 10.3. The second-order valence-electron chi connectivity index (χ2n) is 5.68. The molecule has 20 heavy (non-hydrogen) atoms. The maximum absolute atomic E-state index is 12.2. The smallest absolute Gasteiger partial charge is 0.242 e. The van der Waals surface area contributed by atoms with Crippen LogP contribution < -0.4 is 10.0 Å². The Morgan fingerprint density at radius 2 is 2.15 bits per heavy atom. The van der Waals surface area contributed by atoms with E-state index < -0.39 is 10.0 Å². The van der Waals surface area contributed by atoms with Crippen molar-refractivity contribution in [2.75, 3.05) is 20.6 Å². The molecule has 1 unspecified atom stereocenters. The van der Waals surface area contributed by atoms with E-state index in [4.69, 9.17) is 0 Å². The van der Waals surface area contributed by atoms with Crippen molar-refractivity contribution in [2.45, 2.75) is 43.3 Å². The summed E-state index contributed by atoms with van der Waals surface area (Å²) in [6.07, 6.45) is 3.98. The number of nitrogens with one attached hydrogen (secondary N) is 3. The highest BCUT2D eigenvalue weighted by atomic mass is 32.2. The summed E-state index contributed by atoms with van der Waals surface area (Å²) in [4.78, 5) is 5.29. The van der Waals surface area contributed by atoms with Gasteiger partial charge in [-0.2, -0.15) is 0 Å². The van der Waals surface area contributed by atoms with Crippen LogP contribution in [0.3, 0.4) is 0 Å². The summed E-state index contributed by atoms with van der Waals surface area (Å²) in [5.74, 6) is 0. The van der Waals surface area contributed by atoms with Gasteiger partial charge in [-0.05, 0) is 39.9 Å². The van der Waals surface area contributed by atoms with E-state index in [1.807, 2.05) is 25.9 Å². The number of aromatic nitrogens is 1. The number of likely N-dealkylation sites (N-methyl/N-ethyl adjacent to an activating group) is 1. The van der Waals surface area contributed by atoms with E-state index in [-0.39, 0.29) is 6.04 Å². The summed E-state index contributed by atoms with van der Waals surface area (Å²) in [6, 6.07) is 2.45. The van der Waals surface area contributed by atoms with Crippen LogP contribution in [0.25, 0.3) is 0 Å². The minimum absolute atomic E-state index is 0.153. The number of aromatic amines is 1. The first kappa shape index (κ1) is 15.5. The average Bonchev–Trinajstić information content (AvgIpc) is 3.09. The van der Waals surface area contributed by atoms with Crippen molar-refractivity contribution in [1.29, 1.82) is 0 Å². The van der Waals surface area contributed by atoms with Crippen LogP contribution in [-0.4, -0.2) is 51.0 Å². The van der Waals surface area contributed by atoms with Crippen LogP contribution in [0.15, 0.2) is 17.2 Å². The zero-order valence-electron chi connectivity index (χ0n) is 12.3. The minimum atomic E-state index is -3.43. The van der Waals surface area contributed by atoms with Gasteiger partial charge in [-0.3, -0.25) is 0 Å². The number of nitrogens with zero attached hydrogens (tertiary/aromatic N) is 1. The van der Waals surface area contributed by atoms with Crippen LogP contribution in [0.1, 0.15) is 25.5 Å². The van der Waals surface area contributed by atoms with Crippen molar-refractivity contribution >= 4 is 10.0 Å². The van der Waals surface area contributed by atoms with E-state index in [9.17, 15) is 8.42 Å². The maximum Gasteiger partial charge on any atom is 0.242 e. The molecule has 0 spiro atoms. The third-order valence-electron chi connectivity index (χ3n) is 3.64. The first-order valence-corrected chi connectivity index (χ1v) is 8.43. The molecule has 3 N–H and O–H groups in total. The first-order chi connectivity index (χ1) is 9.38. The maximum atomic E-state index is 12.2. The molecular weight excluding hydrogens is 276 g/mol. The molecule has 1 saturated carbocycles. The van der Waals surface area contributed by atoms with Crippen molar-refractivity contribution in [3.8, 4) is 0 Å². The zero-order valence-corrected chi connectivity index (χ0v) is 13.1. The highest BCUT2D eigenvalue weighted by Gasteiger charge is 2.21. The normalized spacial score (nSPS) is 17.6. The SMILES string of the molecule is CC(CNS(=O)(=O)c1c[nH]c(CNC2CC2)c1)N(C)C. The molecular formula is C13H24N4O2S. The molecule has 2 rings (SSSR count). The Kier molecular flexibility index (Phi) is 4.85. The van der Waals surface area contributed by atoms with Crippen LogP contribution in [0.4, 0.5) is 0 Å². The standard InChI is InChI=1S/C13H24N4O2S/c1-10(17(2)3)7-16-20(18,19)13-6-12(15-9-13)8-14-11-4-5-11/h6,9-11,14-16H,4-5,7-8H2,1-3H3. The van der Waals surface area contributed by atoms with Gasteiger partial charge in [0.15, 0.2) is 0 Å². The number of hydrogen-bond acceptors (Lipinski definition) is 4. The fourth-order valence-electron chi connectivity index (χ4n) is 1.71. The fourth-order valence-corrected chi connectivity index (χ4v) is 2.85. The minimum Gasteiger partial charge on any atom is -0.363 e. The molecule has 1 atom stereocenters. The molecule has 0 radical (unpaired) electrons. The van der Waals surface area contributed by atoms with Crippen molar-refractivity contribution < 1.29 is 8.42 Å². The van der Waals surface area contributed by atoms with Gasteiger partial charge >= 0.3 is 0 Å². The molecule has 0 aliphatic heterocycles. The zero-order chi connectivity index (χ0) is 14.8. The van der Waals surface area contributed by atoms with E-state index in [1.165, 1.54) is 12.8 Å². The van der Waals surface area contributed by atoms with Crippen molar-refractivity contribution in [2.24, 2.45) is 0 Å². The summed E-state index contributed by atoms with van der Waals surface area (Å²) < 4.78 is 26.9. The van der Waals surface area contributed by atoms with E-state index in [0.29, 0.717) is 24.0 Å². The third kappa shape index (κ3) is 4.31. The molecule has 0 aromatic carbocycles. The largest absolute Gasteiger partial charge is 0.363 e. The van der Waals surface area contributed by atoms with Gasteiger partial charge < -0.3 is 15.2 Å². The summed E-state index contributed by atoms with van der Waals surface area (Å²) in [5.41, 5.74) is 0.901. The Bertz CT molecular complexity index is 534. The Balaban J connectivity index is 1.90. The third-order valence-corrected chi connectivity index (χ3v) is 5.04. The molecule has 0 bridgehead atoms. The highest BCUT2D eigenvalue weighted by Crippen LogP contribution is 2.19. The van der Waals surface area contributed by atoms with Gasteiger partial charge in [-0.25, -0.2) is 13.1 Å². The Morgan fingerprint density at radius 1 is 1.45 bits per heavy atom. The summed E-state index contributed by atoms with van der Waals surface area (Å²) in [7, 11) is 0.428. The monoisotopic (exact) mass is 300 g/mol. The molecule has 1 heterocycles. The van der Waals surface area contributed by atoms with Crippen LogP contribution in [0.2, 0.25) is 0 Å². The lowest BCUT2D eigenvalue weighted by Crippen LogP contribution is -2.38. The molecule has 114 valence electrons. The van der Waals surface area contributed by atoms with Crippen LogP contribution in [0, 0.1) is 0 Å². The molecule has 1 aromatic heterocycles. The van der Waals surface area contributed by atoms with Gasteiger partial charge in [0.25, 0.3) is 0 Å². The molecule has 0 saturated heterocycles. The van der Waals surface area contributed by atoms with Gasteiger partial charge in [-0.15, -0.1) is 0 Å². The summed E-state index contributed by atoms with van der Waals surface area (Å²) in [5, 5.41) is 3.35. The Hall–Kier alpha value is -0.890. The van der Waals surface area contributed by atoms with E-state index >= 15 is 0 Å². The van der Waals surface area contributed by atoms with Crippen LogP contribution in [-0.2, 0) is 16.6 Å². The summed E-state index contributed by atoms with van der Waals surface area (Å²) in [6.45, 7) is 3.06. The highest BCUT2D eigenvalue weighted by molar-refractivity contribution is 7.89. The quantitative estimate of drug-likeness (QED) is 0.653. The van der Waals surface area contributed by atoms with Gasteiger partial charge in [0, 0.05) is 37.1 Å². The molecule has 1 aliphatic carbocycles. The lowest BCUT2D eigenvalue weighted by Gasteiger charge is -2.19. The van der Waals surface area contributed by atoms with Gasteiger partial charge in [0.2, 0.25) is 10.0 Å². The van der Waals surface area contributed by atoms with Crippen LogP contribution in [0.5, 0.6) is 0 Å². The van der Waals surface area contributed by atoms with Gasteiger partial charge in [0.05, 0.1) is 4.90 Å². The van der Waals surface area contributed by atoms with Gasteiger partial charge in [-0.1, -0.05) is 0 Å². The Morgan fingerprint density at radius 3 is 2.75 bits per heavy atom. The molecule has 1 fully saturated rings. The van der Waals surface area contributed by atoms with E-state index in [0.717, 1.165) is 5.69 Å². The predicted molar refractivity (Wildman–Crippen MR) is 79.0 cm³/mol. The predicted octanol–water partition coefficient (Wildman–Crippen LogP) is 0.495. The Labute approximate surface area is 121 Å². The number of H-pyrrole nitrogens is 1. The van der Waals surface area contributed by atoms with Crippen molar-refractivity contribution in [1.82, 2.24) is 19.9 Å². The fraction of sp³-hybridized carbons (Fsp3) is 0.692. The van der Waals surface area contributed by atoms with Crippen LogP contribution >= 0.6 is 0 Å². The van der Waals surface area contributed by atoms with E-state index in [2.05, 4.69) is 15.0 Å². The molecule has 7 heteroatoms. The topological polar surface area (TPSA) is 77.2 Å². The average molecular weight is 300 g/mol. The molecule has 1 aliphatic rings. The molecule has 0 amide bonds. The first-order valence-electron chi connectivity index (χ1n) is 6.95. The summed E-state index contributed by atoms with van der Waals surface area (Å²) >= 11 is 0. The lowest BCUT2D eigenvalue weighted by molar-refractivity contribution is 0.314. The number of hydrogen-bond donors (Lipinski definition) is 3. The van der Waals surface area contributed by atoms with Crippen molar-refractivity contribution in [3.05, 3.63) is 18.0 Å². The number of sulfonamides is 1. The number of rotatable bonds is 8.